The maximum atomic E-state index is 10.9. The number of carbonyl (C=O) groups is 1. The number of aromatic carboxylic acids is 1. The summed E-state index contributed by atoms with van der Waals surface area (Å²) in [4.78, 5) is 19.9. The fourth-order valence-electron chi connectivity index (χ4n) is 1.18. The van der Waals surface area contributed by atoms with E-state index in [2.05, 4.69) is 9.97 Å². The Balaban J connectivity index is 2.48. The minimum absolute atomic E-state index is 0.160. The summed E-state index contributed by atoms with van der Waals surface area (Å²) in [5.41, 5.74) is 0.160. The zero-order valence-corrected chi connectivity index (χ0v) is 9.56. The first-order valence-electron chi connectivity index (χ1n) is 4.35. The molecule has 4 nitrogen and oxygen atoms in total. The van der Waals surface area contributed by atoms with Crippen LogP contribution in [0.15, 0.2) is 11.6 Å². The van der Waals surface area contributed by atoms with Crippen molar-refractivity contribution in [2.75, 3.05) is 0 Å². The van der Waals surface area contributed by atoms with Gasteiger partial charge in [-0.2, -0.15) is 0 Å². The minimum Gasteiger partial charge on any atom is -0.476 e. The molecular formula is C9H8N2O2S2. The maximum Gasteiger partial charge on any atom is 0.355 e. The molecular weight excluding hydrogens is 232 g/mol. The van der Waals surface area contributed by atoms with Gasteiger partial charge in [0.25, 0.3) is 0 Å². The predicted molar refractivity (Wildman–Crippen MR) is 59.6 cm³/mol. The van der Waals surface area contributed by atoms with E-state index in [1.54, 1.807) is 6.20 Å². The molecule has 0 atom stereocenters. The van der Waals surface area contributed by atoms with Gasteiger partial charge in [0.05, 0.1) is 0 Å². The molecule has 78 valence electrons. The van der Waals surface area contributed by atoms with Gasteiger partial charge in [-0.15, -0.1) is 22.7 Å². The van der Waals surface area contributed by atoms with Gasteiger partial charge in [-0.1, -0.05) is 6.92 Å². The van der Waals surface area contributed by atoms with Crippen LogP contribution < -0.4 is 0 Å². The molecule has 0 saturated heterocycles. The Morgan fingerprint density at radius 3 is 2.80 bits per heavy atom. The Hall–Kier alpha value is -1.27. The molecule has 1 N–H and O–H groups in total. The number of aryl methyl sites for hydroxylation is 1. The van der Waals surface area contributed by atoms with Crippen LogP contribution in [0.1, 0.15) is 22.3 Å². The van der Waals surface area contributed by atoms with Crippen molar-refractivity contribution in [2.45, 2.75) is 13.3 Å². The van der Waals surface area contributed by atoms with Gasteiger partial charge in [0.2, 0.25) is 0 Å². The quantitative estimate of drug-likeness (QED) is 0.895. The zero-order chi connectivity index (χ0) is 10.8. The summed E-state index contributed by atoms with van der Waals surface area (Å²) in [6, 6.07) is 0. The molecule has 2 rings (SSSR count). The van der Waals surface area contributed by atoms with Crippen molar-refractivity contribution >= 4 is 28.6 Å². The van der Waals surface area contributed by atoms with Gasteiger partial charge >= 0.3 is 5.97 Å². The molecule has 0 spiro atoms. The number of aromatic nitrogens is 2. The molecule has 2 aromatic heterocycles. The highest BCUT2D eigenvalue weighted by molar-refractivity contribution is 7.20. The van der Waals surface area contributed by atoms with Crippen LogP contribution in [0.4, 0.5) is 0 Å². The lowest BCUT2D eigenvalue weighted by molar-refractivity contribution is 0.0690. The summed E-state index contributed by atoms with van der Waals surface area (Å²) in [6.45, 7) is 1.92. The monoisotopic (exact) mass is 240 g/mol. The smallest absolute Gasteiger partial charge is 0.355 e. The van der Waals surface area contributed by atoms with Crippen LogP contribution in [0.3, 0.4) is 0 Å². The molecule has 0 fully saturated rings. The van der Waals surface area contributed by atoms with Crippen LogP contribution >= 0.6 is 22.7 Å². The molecule has 2 heterocycles. The number of carboxylic acid groups (broad SMARTS) is 1. The van der Waals surface area contributed by atoms with Crippen molar-refractivity contribution in [3.05, 3.63) is 22.1 Å². The summed E-state index contributed by atoms with van der Waals surface area (Å²) < 4.78 is 0. The fraction of sp³-hybridized carbons (Fsp3) is 0.222. The molecule has 15 heavy (non-hydrogen) atoms. The Kier molecular flexibility index (Phi) is 2.79. The minimum atomic E-state index is -0.967. The predicted octanol–water partition coefficient (Wildman–Crippen LogP) is 2.53. The summed E-state index contributed by atoms with van der Waals surface area (Å²) in [6.07, 6.45) is 2.37. The van der Waals surface area contributed by atoms with E-state index in [0.29, 0.717) is 11.4 Å². The molecule has 0 aliphatic rings. The van der Waals surface area contributed by atoms with Crippen molar-refractivity contribution in [1.29, 1.82) is 0 Å². The molecule has 0 aromatic carbocycles. The van der Waals surface area contributed by atoms with Crippen molar-refractivity contribution in [1.82, 2.24) is 9.97 Å². The van der Waals surface area contributed by atoms with Gasteiger partial charge in [-0.25, -0.2) is 14.8 Å². The van der Waals surface area contributed by atoms with Gasteiger partial charge in [0, 0.05) is 16.5 Å². The third-order valence-corrected chi connectivity index (χ3v) is 3.95. The van der Waals surface area contributed by atoms with Crippen LogP contribution in [0.5, 0.6) is 0 Å². The highest BCUT2D eigenvalue weighted by Gasteiger charge is 2.17. The summed E-state index contributed by atoms with van der Waals surface area (Å²) >= 11 is 2.87. The lowest BCUT2D eigenvalue weighted by Crippen LogP contribution is -1.99. The van der Waals surface area contributed by atoms with Crippen molar-refractivity contribution in [3.8, 4) is 10.0 Å². The first-order chi connectivity index (χ1) is 7.22. The van der Waals surface area contributed by atoms with Crippen molar-refractivity contribution in [2.24, 2.45) is 0 Å². The van der Waals surface area contributed by atoms with Gasteiger partial charge in [-0.3, -0.25) is 0 Å². The second-order valence-corrected chi connectivity index (χ2v) is 4.76. The molecule has 0 unspecified atom stereocenters. The fourth-order valence-corrected chi connectivity index (χ4v) is 2.85. The average molecular weight is 240 g/mol. The molecule has 0 bridgehead atoms. The number of hydrogen-bond donors (Lipinski definition) is 1. The van der Waals surface area contributed by atoms with E-state index in [1.807, 2.05) is 12.3 Å². The number of nitrogens with zero attached hydrogens (tertiary/aromatic N) is 2. The Labute approximate surface area is 94.3 Å². The molecule has 0 radical (unpaired) electrons. The second kappa shape index (κ2) is 4.08. The normalized spacial score (nSPS) is 10.5. The molecule has 6 heteroatoms. The number of hydrogen-bond acceptors (Lipinski definition) is 5. The van der Waals surface area contributed by atoms with E-state index >= 15 is 0 Å². The summed E-state index contributed by atoms with van der Waals surface area (Å²) in [7, 11) is 0. The van der Waals surface area contributed by atoms with Crippen molar-refractivity contribution in [3.63, 3.8) is 0 Å². The van der Waals surface area contributed by atoms with Gasteiger partial charge in [0.1, 0.15) is 0 Å². The molecule has 2 aromatic rings. The lowest BCUT2D eigenvalue weighted by Gasteiger charge is -1.89. The topological polar surface area (TPSA) is 63.1 Å². The third-order valence-electron chi connectivity index (χ3n) is 1.84. The highest BCUT2D eigenvalue weighted by Crippen LogP contribution is 2.29. The molecule has 0 saturated carbocycles. The molecule has 0 amide bonds. The lowest BCUT2D eigenvalue weighted by atomic mass is 10.3. The standard InChI is InChI=1S/C9H8N2O2S2/c1-2-5-6(9(12)13)11-8(15-5)7-10-3-4-14-7/h3-4H,2H2,1H3,(H,12,13). The van der Waals surface area contributed by atoms with Crippen molar-refractivity contribution < 1.29 is 9.90 Å². The van der Waals surface area contributed by atoms with Gasteiger partial charge in [0.15, 0.2) is 15.7 Å². The third kappa shape index (κ3) is 1.91. The Morgan fingerprint density at radius 1 is 1.53 bits per heavy atom. The molecule has 0 aliphatic carbocycles. The van der Waals surface area contributed by atoms with E-state index in [0.717, 1.165) is 9.88 Å². The first kappa shape index (κ1) is 10.3. The van der Waals surface area contributed by atoms with Gasteiger partial charge < -0.3 is 5.11 Å². The summed E-state index contributed by atoms with van der Waals surface area (Å²) in [5, 5.41) is 12.3. The highest BCUT2D eigenvalue weighted by atomic mass is 32.1. The van der Waals surface area contributed by atoms with E-state index in [9.17, 15) is 4.79 Å². The van der Waals surface area contributed by atoms with E-state index in [1.165, 1.54) is 22.7 Å². The van der Waals surface area contributed by atoms with E-state index in [4.69, 9.17) is 5.11 Å². The average Bonchev–Trinajstić information content (AvgIpc) is 2.86. The Bertz CT molecular complexity index is 476. The van der Waals surface area contributed by atoms with E-state index < -0.39 is 5.97 Å². The van der Waals surface area contributed by atoms with Crippen LogP contribution in [-0.4, -0.2) is 21.0 Å². The SMILES string of the molecule is CCc1sc(-c2nccs2)nc1C(=O)O. The Morgan fingerprint density at radius 2 is 2.33 bits per heavy atom. The number of carboxylic acids is 1. The second-order valence-electron chi connectivity index (χ2n) is 2.79. The van der Waals surface area contributed by atoms with Crippen LogP contribution in [0.2, 0.25) is 0 Å². The number of thiazole rings is 2. The largest absolute Gasteiger partial charge is 0.476 e. The van der Waals surface area contributed by atoms with Gasteiger partial charge in [-0.05, 0) is 6.42 Å². The van der Waals surface area contributed by atoms with Crippen LogP contribution in [0.25, 0.3) is 10.0 Å². The van der Waals surface area contributed by atoms with E-state index in [-0.39, 0.29) is 5.69 Å². The van der Waals surface area contributed by atoms with Crippen LogP contribution in [-0.2, 0) is 6.42 Å². The zero-order valence-electron chi connectivity index (χ0n) is 7.93. The number of rotatable bonds is 3. The maximum absolute atomic E-state index is 10.9. The summed E-state index contributed by atoms with van der Waals surface area (Å²) in [5.74, 6) is -0.967. The van der Waals surface area contributed by atoms with Crippen LogP contribution in [0, 0.1) is 0 Å². The first-order valence-corrected chi connectivity index (χ1v) is 6.04. The molecule has 0 aliphatic heterocycles.